The number of esters is 2. The van der Waals surface area contributed by atoms with E-state index in [2.05, 4.69) is 13.8 Å². The van der Waals surface area contributed by atoms with E-state index < -0.39 is 26.5 Å². The Bertz CT molecular complexity index is 777. The number of hydrogen-bond acceptors (Lipinski definition) is 8. The van der Waals surface area contributed by atoms with E-state index in [-0.39, 0.29) is 32.1 Å². The summed E-state index contributed by atoms with van der Waals surface area (Å²) in [6, 6.07) is 0. The Morgan fingerprint density at radius 1 is 0.711 bits per heavy atom. The molecule has 0 heterocycles. The topological polar surface area (TPSA) is 134 Å². The number of carbonyl (C=O) groups excluding carboxylic acids is 2. The fraction of sp³-hybridized carbons (Fsp3) is 0.943. The lowest BCUT2D eigenvalue weighted by Crippen LogP contribution is -2.29. The van der Waals surface area contributed by atoms with Crippen molar-refractivity contribution in [2.45, 2.75) is 174 Å². The van der Waals surface area contributed by atoms with Gasteiger partial charge in [0.2, 0.25) is 0 Å². The summed E-state index contributed by atoms with van der Waals surface area (Å²) in [6.45, 7) is 3.80. The number of rotatable bonds is 33. The van der Waals surface area contributed by atoms with Crippen LogP contribution >= 0.6 is 7.82 Å². The van der Waals surface area contributed by atoms with E-state index in [0.717, 1.165) is 43.9 Å². The predicted molar refractivity (Wildman–Crippen MR) is 181 cm³/mol. The number of unbranched alkanes of at least 4 members (excludes halogenated alkanes) is 16. The molecule has 0 radical (unpaired) electrons. The Kier molecular flexibility index (Phi) is 26.2. The Hall–Kier alpha value is -0.990. The molecule has 1 saturated carbocycles. The number of nitrogens with two attached hydrogens (primary N) is 1. The SMILES string of the molecule is CC(C)CCCCCCCCCCCC(=O)O[C@@H](COC(=O)CCCCCCCCCCCC1CC1)COP(=O)(O)OCCN. The molecule has 1 aliphatic carbocycles. The zero-order valence-corrected chi connectivity index (χ0v) is 29.8. The summed E-state index contributed by atoms with van der Waals surface area (Å²) in [5.74, 6) is 1.01. The summed E-state index contributed by atoms with van der Waals surface area (Å²) in [5, 5.41) is 0. The normalized spacial score (nSPS) is 15.2. The minimum absolute atomic E-state index is 0.0581. The van der Waals surface area contributed by atoms with Crippen LogP contribution in [0.15, 0.2) is 0 Å². The summed E-state index contributed by atoms with van der Waals surface area (Å²) < 4.78 is 32.6. The highest BCUT2D eigenvalue weighted by molar-refractivity contribution is 7.47. The molecule has 9 nitrogen and oxygen atoms in total. The lowest BCUT2D eigenvalue weighted by Gasteiger charge is -2.19. The molecular weight excluding hydrogens is 593 g/mol. The molecule has 0 aromatic rings. The molecule has 0 aliphatic heterocycles. The maximum Gasteiger partial charge on any atom is 0.472 e. The van der Waals surface area contributed by atoms with Crippen molar-refractivity contribution in [2.75, 3.05) is 26.4 Å². The van der Waals surface area contributed by atoms with Crippen LogP contribution in [0.3, 0.4) is 0 Å². The average molecular weight is 662 g/mol. The van der Waals surface area contributed by atoms with E-state index in [9.17, 15) is 19.0 Å². The zero-order valence-electron chi connectivity index (χ0n) is 28.9. The maximum absolute atomic E-state index is 12.5. The Balaban J connectivity index is 2.20. The molecule has 0 bridgehead atoms. The Labute approximate surface area is 275 Å². The van der Waals surface area contributed by atoms with E-state index >= 15 is 0 Å². The van der Waals surface area contributed by atoms with Crippen LogP contribution < -0.4 is 5.73 Å². The van der Waals surface area contributed by atoms with Crippen molar-refractivity contribution in [1.29, 1.82) is 0 Å². The third-order valence-electron chi connectivity index (χ3n) is 8.38. The van der Waals surface area contributed by atoms with E-state index in [1.807, 2.05) is 0 Å². The first kappa shape index (κ1) is 42.0. The highest BCUT2D eigenvalue weighted by Gasteiger charge is 2.26. The molecule has 0 aromatic heterocycles. The lowest BCUT2D eigenvalue weighted by atomic mass is 10.0. The smallest absolute Gasteiger partial charge is 0.462 e. The third-order valence-corrected chi connectivity index (χ3v) is 9.36. The minimum atomic E-state index is -4.36. The third kappa shape index (κ3) is 28.9. The van der Waals surface area contributed by atoms with Crippen LogP contribution in [0.25, 0.3) is 0 Å². The molecule has 0 spiro atoms. The van der Waals surface area contributed by atoms with Crippen molar-refractivity contribution in [1.82, 2.24) is 0 Å². The van der Waals surface area contributed by atoms with E-state index in [1.165, 1.54) is 103 Å². The standard InChI is InChI=1S/C35H68NO8P/c1-31(2)21-17-13-9-5-3-8-12-16-20-24-35(38)44-33(30-43-45(39,40)42-28-27-36)29-41-34(37)23-19-15-11-7-4-6-10-14-18-22-32-25-26-32/h31-33H,3-30,36H2,1-2H3,(H,39,40)/t33-/m0/s1. The van der Waals surface area contributed by atoms with Crippen molar-refractivity contribution in [2.24, 2.45) is 17.6 Å². The molecule has 0 saturated heterocycles. The van der Waals surface area contributed by atoms with Gasteiger partial charge in [-0.1, -0.05) is 142 Å². The van der Waals surface area contributed by atoms with Crippen molar-refractivity contribution in [3.05, 3.63) is 0 Å². The second-order valence-corrected chi connectivity index (χ2v) is 14.9. The van der Waals surface area contributed by atoms with Gasteiger partial charge in [-0.2, -0.15) is 0 Å². The van der Waals surface area contributed by atoms with Crippen LogP contribution in [-0.4, -0.2) is 49.3 Å². The summed E-state index contributed by atoms with van der Waals surface area (Å²) >= 11 is 0. The average Bonchev–Trinajstić information content (AvgIpc) is 3.83. The highest BCUT2D eigenvalue weighted by atomic mass is 31.2. The molecule has 45 heavy (non-hydrogen) atoms. The molecule has 1 unspecified atom stereocenters. The Morgan fingerprint density at radius 3 is 1.71 bits per heavy atom. The van der Waals surface area contributed by atoms with Crippen LogP contribution in [0.1, 0.15) is 168 Å². The van der Waals surface area contributed by atoms with Crippen LogP contribution in [0.4, 0.5) is 0 Å². The summed E-state index contributed by atoms with van der Waals surface area (Å²) in [4.78, 5) is 34.6. The van der Waals surface area contributed by atoms with E-state index in [4.69, 9.17) is 24.3 Å². The van der Waals surface area contributed by atoms with Gasteiger partial charge < -0.3 is 20.1 Å². The zero-order chi connectivity index (χ0) is 33.0. The van der Waals surface area contributed by atoms with Gasteiger partial charge in [0.05, 0.1) is 13.2 Å². The molecule has 0 amide bonds. The molecule has 1 rings (SSSR count). The van der Waals surface area contributed by atoms with Gasteiger partial charge in [0.15, 0.2) is 6.10 Å². The fourth-order valence-corrected chi connectivity index (χ4v) is 6.17. The first-order chi connectivity index (χ1) is 21.7. The largest absolute Gasteiger partial charge is 0.472 e. The summed E-state index contributed by atoms with van der Waals surface area (Å²) in [6.07, 6.45) is 26.2. The van der Waals surface area contributed by atoms with Crippen LogP contribution in [0, 0.1) is 11.8 Å². The van der Waals surface area contributed by atoms with Gasteiger partial charge in [0.1, 0.15) is 6.61 Å². The molecule has 2 atom stereocenters. The van der Waals surface area contributed by atoms with Crippen molar-refractivity contribution >= 4 is 19.8 Å². The molecule has 1 aliphatic rings. The van der Waals surface area contributed by atoms with Crippen molar-refractivity contribution < 1.29 is 37.6 Å². The van der Waals surface area contributed by atoms with Gasteiger partial charge in [0.25, 0.3) is 0 Å². The predicted octanol–water partition coefficient (Wildman–Crippen LogP) is 9.18. The first-order valence-electron chi connectivity index (χ1n) is 18.4. The van der Waals surface area contributed by atoms with Gasteiger partial charge in [-0.3, -0.25) is 18.6 Å². The molecule has 3 N–H and O–H groups in total. The monoisotopic (exact) mass is 661 g/mol. The number of hydrogen-bond donors (Lipinski definition) is 2. The number of ether oxygens (including phenoxy) is 2. The van der Waals surface area contributed by atoms with Gasteiger partial charge in [-0.15, -0.1) is 0 Å². The maximum atomic E-state index is 12.5. The van der Waals surface area contributed by atoms with Gasteiger partial charge in [0, 0.05) is 19.4 Å². The Morgan fingerprint density at radius 2 is 1.20 bits per heavy atom. The van der Waals surface area contributed by atoms with E-state index in [0.29, 0.717) is 12.8 Å². The summed E-state index contributed by atoms with van der Waals surface area (Å²) in [5.41, 5.74) is 5.32. The van der Waals surface area contributed by atoms with E-state index in [1.54, 1.807) is 0 Å². The highest BCUT2D eigenvalue weighted by Crippen LogP contribution is 2.43. The quantitative estimate of drug-likeness (QED) is 0.0401. The van der Waals surface area contributed by atoms with Gasteiger partial charge in [-0.25, -0.2) is 4.57 Å². The minimum Gasteiger partial charge on any atom is -0.462 e. The van der Waals surface area contributed by atoms with Crippen LogP contribution in [0.5, 0.6) is 0 Å². The van der Waals surface area contributed by atoms with Crippen molar-refractivity contribution in [3.63, 3.8) is 0 Å². The molecular formula is C35H68NO8P. The number of phosphoric acid groups is 1. The molecule has 0 aromatic carbocycles. The van der Waals surface area contributed by atoms with Crippen LogP contribution in [-0.2, 0) is 32.7 Å². The number of phosphoric ester groups is 1. The second-order valence-electron chi connectivity index (χ2n) is 13.5. The number of carbonyl (C=O) groups is 2. The molecule has 10 heteroatoms. The molecule has 1 fully saturated rings. The van der Waals surface area contributed by atoms with Crippen molar-refractivity contribution in [3.8, 4) is 0 Å². The van der Waals surface area contributed by atoms with Gasteiger partial charge in [-0.05, 0) is 24.7 Å². The second kappa shape index (κ2) is 28.1. The summed E-state index contributed by atoms with van der Waals surface area (Å²) in [7, 11) is -4.36. The fourth-order valence-electron chi connectivity index (χ4n) is 5.41. The lowest BCUT2D eigenvalue weighted by molar-refractivity contribution is -0.161. The van der Waals surface area contributed by atoms with Crippen LogP contribution in [0.2, 0.25) is 0 Å². The first-order valence-corrected chi connectivity index (χ1v) is 19.9. The molecule has 266 valence electrons. The van der Waals surface area contributed by atoms with Gasteiger partial charge >= 0.3 is 19.8 Å².